The van der Waals surface area contributed by atoms with E-state index in [2.05, 4.69) is 31.3 Å². The maximum Gasteiger partial charge on any atom is 0.224 e. The smallest absolute Gasteiger partial charge is 0.224 e. The van der Waals surface area contributed by atoms with Gasteiger partial charge in [-0.2, -0.15) is 0 Å². The highest BCUT2D eigenvalue weighted by atomic mass is 16.1. The molecule has 1 amide bonds. The molecule has 0 aliphatic carbocycles. The van der Waals surface area contributed by atoms with Crippen LogP contribution in [0.4, 0.5) is 0 Å². The molecule has 1 rings (SSSR count). The summed E-state index contributed by atoms with van der Waals surface area (Å²) in [4.78, 5) is 12.0. The molecule has 0 aliphatic heterocycles. The summed E-state index contributed by atoms with van der Waals surface area (Å²) in [6, 6.07) is 8.23. The molecule has 0 saturated carbocycles. The van der Waals surface area contributed by atoms with Crippen molar-refractivity contribution in [2.45, 2.75) is 39.7 Å². The number of aryl methyl sites for hydroxylation is 1. The van der Waals surface area contributed by atoms with Crippen LogP contribution in [0.5, 0.6) is 0 Å². The Morgan fingerprint density at radius 3 is 2.72 bits per heavy atom. The highest BCUT2D eigenvalue weighted by Crippen LogP contribution is 2.15. The largest absolute Gasteiger partial charge is 0.349 e. The van der Waals surface area contributed by atoms with Crippen LogP contribution < -0.4 is 11.1 Å². The van der Waals surface area contributed by atoms with E-state index in [1.165, 1.54) is 5.56 Å². The van der Waals surface area contributed by atoms with Crippen molar-refractivity contribution in [2.24, 2.45) is 11.7 Å². The minimum atomic E-state index is -0.0674. The van der Waals surface area contributed by atoms with Gasteiger partial charge < -0.3 is 11.1 Å². The summed E-state index contributed by atoms with van der Waals surface area (Å²) in [7, 11) is 0. The number of hydrogen-bond acceptors (Lipinski definition) is 2. The Bertz CT molecular complexity index is 390. The normalized spacial score (nSPS) is 14.0. The first-order valence-corrected chi connectivity index (χ1v) is 6.65. The Morgan fingerprint density at radius 2 is 2.17 bits per heavy atom. The molecule has 0 radical (unpaired) electrons. The number of carbonyl (C=O) groups is 1. The van der Waals surface area contributed by atoms with Crippen LogP contribution in [0.25, 0.3) is 0 Å². The summed E-state index contributed by atoms with van der Waals surface area (Å²) in [6.07, 6.45) is 1.83. The van der Waals surface area contributed by atoms with Crippen molar-refractivity contribution in [3.63, 3.8) is 0 Å². The summed E-state index contributed by atoms with van der Waals surface area (Å²) < 4.78 is 0. The Labute approximate surface area is 110 Å². The van der Waals surface area contributed by atoms with E-state index in [4.69, 9.17) is 5.73 Å². The number of hydrogen-bond donors (Lipinski definition) is 2. The molecule has 1 unspecified atom stereocenters. The fourth-order valence-electron chi connectivity index (χ4n) is 2.06. The number of benzene rings is 1. The molecule has 1 aromatic rings. The van der Waals surface area contributed by atoms with Gasteiger partial charge in [0.2, 0.25) is 5.91 Å². The Hall–Kier alpha value is -1.35. The lowest BCUT2D eigenvalue weighted by Crippen LogP contribution is -2.36. The van der Waals surface area contributed by atoms with E-state index in [0.717, 1.165) is 18.4 Å². The number of carbonyl (C=O) groups excluding carboxylic acids is 1. The fraction of sp³-hybridized carbons (Fsp3) is 0.533. The highest BCUT2D eigenvalue weighted by molar-refractivity contribution is 5.79. The van der Waals surface area contributed by atoms with Gasteiger partial charge >= 0.3 is 0 Å². The third kappa shape index (κ3) is 4.15. The van der Waals surface area contributed by atoms with E-state index in [-0.39, 0.29) is 17.9 Å². The molecule has 0 aliphatic rings. The van der Waals surface area contributed by atoms with Crippen LogP contribution in [0.3, 0.4) is 0 Å². The number of rotatable bonds is 6. The van der Waals surface area contributed by atoms with Gasteiger partial charge in [-0.05, 0) is 25.8 Å². The van der Waals surface area contributed by atoms with E-state index < -0.39 is 0 Å². The van der Waals surface area contributed by atoms with Gasteiger partial charge in [-0.15, -0.1) is 0 Å². The minimum Gasteiger partial charge on any atom is -0.349 e. The van der Waals surface area contributed by atoms with Crippen molar-refractivity contribution >= 4 is 5.91 Å². The van der Waals surface area contributed by atoms with Gasteiger partial charge in [-0.25, -0.2) is 0 Å². The topological polar surface area (TPSA) is 55.1 Å². The summed E-state index contributed by atoms with van der Waals surface area (Å²) in [5.41, 5.74) is 7.98. The average Bonchev–Trinajstić information content (AvgIpc) is 2.35. The van der Waals surface area contributed by atoms with E-state index in [1.807, 2.05) is 19.1 Å². The number of amides is 1. The van der Waals surface area contributed by atoms with Crippen molar-refractivity contribution < 1.29 is 4.79 Å². The minimum absolute atomic E-state index is 0.0308. The highest BCUT2D eigenvalue weighted by Gasteiger charge is 2.18. The van der Waals surface area contributed by atoms with Crippen molar-refractivity contribution in [1.82, 2.24) is 5.32 Å². The van der Waals surface area contributed by atoms with Gasteiger partial charge in [0, 0.05) is 6.54 Å². The molecule has 3 nitrogen and oxygen atoms in total. The van der Waals surface area contributed by atoms with Gasteiger partial charge in [-0.3, -0.25) is 4.79 Å². The molecule has 0 spiro atoms. The van der Waals surface area contributed by atoms with Gasteiger partial charge in [0.15, 0.2) is 0 Å². The first-order valence-electron chi connectivity index (χ1n) is 6.65. The predicted octanol–water partition coefficient (Wildman–Crippen LogP) is 2.55. The SMILES string of the molecule is CCCC(CN)C(=O)N[C@H](C)c1cccc(C)c1. The molecule has 0 bridgehead atoms. The second-order valence-electron chi connectivity index (χ2n) is 4.87. The lowest BCUT2D eigenvalue weighted by atomic mass is 10.0. The molecule has 3 heteroatoms. The maximum absolute atomic E-state index is 12.0. The molecular formula is C15H24N2O. The molecule has 100 valence electrons. The zero-order chi connectivity index (χ0) is 13.5. The van der Waals surface area contributed by atoms with Gasteiger partial charge in [0.1, 0.15) is 0 Å². The molecule has 1 aromatic carbocycles. The van der Waals surface area contributed by atoms with Crippen LogP contribution in [0.2, 0.25) is 0 Å². The number of nitrogens with one attached hydrogen (secondary N) is 1. The Kier molecular flexibility index (Phi) is 5.86. The second kappa shape index (κ2) is 7.17. The molecule has 0 fully saturated rings. The Morgan fingerprint density at radius 1 is 1.44 bits per heavy atom. The first kappa shape index (κ1) is 14.7. The van der Waals surface area contributed by atoms with Crippen molar-refractivity contribution in [2.75, 3.05) is 6.54 Å². The van der Waals surface area contributed by atoms with Crippen LogP contribution in [-0.2, 0) is 4.79 Å². The standard InChI is InChI=1S/C15H24N2O/c1-4-6-14(10-16)15(18)17-12(3)13-8-5-7-11(2)9-13/h5,7-9,12,14H,4,6,10,16H2,1-3H3,(H,17,18)/t12-,14?/m1/s1. The molecule has 0 heterocycles. The average molecular weight is 248 g/mol. The fourth-order valence-corrected chi connectivity index (χ4v) is 2.06. The molecule has 2 atom stereocenters. The van der Waals surface area contributed by atoms with E-state index in [1.54, 1.807) is 0 Å². The third-order valence-electron chi connectivity index (χ3n) is 3.19. The third-order valence-corrected chi connectivity index (χ3v) is 3.19. The predicted molar refractivity (Wildman–Crippen MR) is 75.2 cm³/mol. The van der Waals surface area contributed by atoms with Gasteiger partial charge in [-0.1, -0.05) is 43.2 Å². The summed E-state index contributed by atoms with van der Waals surface area (Å²) in [6.45, 7) is 6.55. The molecule has 3 N–H and O–H groups in total. The van der Waals surface area contributed by atoms with Crippen molar-refractivity contribution in [3.8, 4) is 0 Å². The lowest BCUT2D eigenvalue weighted by Gasteiger charge is -2.19. The molecule has 18 heavy (non-hydrogen) atoms. The van der Waals surface area contributed by atoms with Crippen LogP contribution >= 0.6 is 0 Å². The summed E-state index contributed by atoms with van der Waals surface area (Å²) in [5.74, 6) is -0.00406. The first-order chi connectivity index (χ1) is 8.58. The number of nitrogens with two attached hydrogens (primary N) is 1. The zero-order valence-corrected chi connectivity index (χ0v) is 11.6. The van der Waals surface area contributed by atoms with E-state index in [9.17, 15) is 4.79 Å². The molecule has 0 saturated heterocycles. The monoisotopic (exact) mass is 248 g/mol. The summed E-state index contributed by atoms with van der Waals surface area (Å²) in [5, 5.41) is 3.04. The van der Waals surface area contributed by atoms with E-state index >= 15 is 0 Å². The van der Waals surface area contributed by atoms with Crippen LogP contribution in [0.15, 0.2) is 24.3 Å². The van der Waals surface area contributed by atoms with E-state index in [0.29, 0.717) is 6.54 Å². The summed E-state index contributed by atoms with van der Waals surface area (Å²) >= 11 is 0. The molecule has 0 aromatic heterocycles. The van der Waals surface area contributed by atoms with Gasteiger partial charge in [0.25, 0.3) is 0 Å². The van der Waals surface area contributed by atoms with Crippen LogP contribution in [0.1, 0.15) is 43.9 Å². The quantitative estimate of drug-likeness (QED) is 0.813. The zero-order valence-electron chi connectivity index (χ0n) is 11.6. The van der Waals surface area contributed by atoms with Crippen molar-refractivity contribution in [1.29, 1.82) is 0 Å². The Balaban J connectivity index is 2.63. The van der Waals surface area contributed by atoms with Crippen LogP contribution in [-0.4, -0.2) is 12.5 Å². The van der Waals surface area contributed by atoms with Crippen molar-refractivity contribution in [3.05, 3.63) is 35.4 Å². The second-order valence-corrected chi connectivity index (χ2v) is 4.87. The lowest BCUT2D eigenvalue weighted by molar-refractivity contribution is -0.125. The maximum atomic E-state index is 12.0. The van der Waals surface area contributed by atoms with Gasteiger partial charge in [0.05, 0.1) is 12.0 Å². The molecular weight excluding hydrogens is 224 g/mol. The van der Waals surface area contributed by atoms with Crippen LogP contribution in [0, 0.1) is 12.8 Å².